The fraction of sp³-hybridized carbons (Fsp3) is 0.263. The number of β-amino-alcohol motifs (C(OH)–C–C–N with tert-alkyl or cyclic N) is 1. The van der Waals surface area contributed by atoms with E-state index < -0.39 is 0 Å². The van der Waals surface area contributed by atoms with E-state index in [1.54, 1.807) is 53.4 Å². The van der Waals surface area contributed by atoms with E-state index >= 15 is 0 Å². The van der Waals surface area contributed by atoms with Gasteiger partial charge in [-0.3, -0.25) is 19.5 Å². The Morgan fingerprint density at radius 1 is 1.31 bits per heavy atom. The van der Waals surface area contributed by atoms with E-state index in [0.29, 0.717) is 30.2 Å². The summed E-state index contributed by atoms with van der Waals surface area (Å²) in [4.78, 5) is 28.5. The molecule has 0 atom stereocenters. The predicted molar refractivity (Wildman–Crippen MR) is 107 cm³/mol. The van der Waals surface area contributed by atoms with Gasteiger partial charge in [0, 0.05) is 44.0 Å². The van der Waals surface area contributed by atoms with Gasteiger partial charge in [-0.05, 0) is 17.7 Å². The number of amides is 3. The normalized spacial score (nSPS) is 13.9. The number of aromatic amines is 1. The maximum absolute atomic E-state index is 12.8. The van der Waals surface area contributed by atoms with Crippen LogP contribution >= 0.6 is 0 Å². The standard InChI is InChI=1S/C19H21N7O3/c1-24-12-16(17(23-24)26-6-5-25(7-8-27)19(26)29)22-18(28)14-4-2-3-13(9-14)15-10-20-21-11-15/h2-4,9-12,27H,5-8H2,1H3,(H,20,21)(H,22,28). The number of nitrogens with zero attached hydrogens (tertiary/aromatic N) is 5. The highest BCUT2D eigenvalue weighted by Crippen LogP contribution is 2.28. The third-order valence-electron chi connectivity index (χ3n) is 4.73. The van der Waals surface area contributed by atoms with Gasteiger partial charge in [0.1, 0.15) is 5.69 Å². The summed E-state index contributed by atoms with van der Waals surface area (Å²) < 4.78 is 1.55. The Labute approximate surface area is 166 Å². The highest BCUT2D eigenvalue weighted by atomic mass is 16.3. The highest BCUT2D eigenvalue weighted by molar-refractivity contribution is 6.07. The summed E-state index contributed by atoms with van der Waals surface area (Å²) in [5, 5.41) is 23.0. The van der Waals surface area contributed by atoms with E-state index in [0.717, 1.165) is 11.1 Å². The van der Waals surface area contributed by atoms with Crippen LogP contribution in [-0.2, 0) is 7.05 Å². The third-order valence-corrected chi connectivity index (χ3v) is 4.73. The van der Waals surface area contributed by atoms with Gasteiger partial charge < -0.3 is 15.3 Å². The first kappa shape index (κ1) is 18.7. The molecule has 0 aliphatic carbocycles. The smallest absolute Gasteiger partial charge is 0.325 e. The first-order valence-corrected chi connectivity index (χ1v) is 9.18. The number of aryl methyl sites for hydroxylation is 1. The number of nitrogens with one attached hydrogen (secondary N) is 2. The molecule has 4 rings (SSSR count). The van der Waals surface area contributed by atoms with Gasteiger partial charge in [0.05, 0.1) is 19.0 Å². The molecule has 1 fully saturated rings. The fourth-order valence-corrected chi connectivity index (χ4v) is 3.31. The number of anilines is 2. The van der Waals surface area contributed by atoms with E-state index in [1.807, 2.05) is 6.07 Å². The molecule has 10 nitrogen and oxygen atoms in total. The second-order valence-corrected chi connectivity index (χ2v) is 6.71. The number of benzene rings is 1. The number of aromatic nitrogens is 4. The molecule has 1 aliphatic heterocycles. The number of aliphatic hydroxyl groups excluding tert-OH is 1. The Balaban J connectivity index is 1.56. The van der Waals surface area contributed by atoms with Crippen LogP contribution in [0.15, 0.2) is 42.9 Å². The molecule has 2 aromatic heterocycles. The van der Waals surface area contributed by atoms with E-state index in [4.69, 9.17) is 5.11 Å². The molecule has 150 valence electrons. The SMILES string of the molecule is Cn1cc(NC(=O)c2cccc(-c3cn[nH]c3)c2)c(N2CCN(CCO)C2=O)n1. The maximum Gasteiger partial charge on any atom is 0.325 e. The summed E-state index contributed by atoms with van der Waals surface area (Å²) in [6.45, 7) is 1.11. The summed E-state index contributed by atoms with van der Waals surface area (Å²) in [6, 6.07) is 6.96. The largest absolute Gasteiger partial charge is 0.395 e. The second kappa shape index (κ2) is 7.76. The summed E-state index contributed by atoms with van der Waals surface area (Å²) in [5.41, 5.74) is 2.68. The maximum atomic E-state index is 12.8. The zero-order valence-corrected chi connectivity index (χ0v) is 15.9. The van der Waals surface area contributed by atoms with Crippen LogP contribution in [-0.4, -0.2) is 68.2 Å². The molecule has 29 heavy (non-hydrogen) atoms. The molecule has 0 radical (unpaired) electrons. The fourth-order valence-electron chi connectivity index (χ4n) is 3.31. The van der Waals surface area contributed by atoms with Gasteiger partial charge in [-0.25, -0.2) is 4.79 Å². The number of urea groups is 1. The lowest BCUT2D eigenvalue weighted by Crippen LogP contribution is -2.34. The van der Waals surface area contributed by atoms with Gasteiger partial charge in [0.15, 0.2) is 5.82 Å². The van der Waals surface area contributed by atoms with Gasteiger partial charge in [-0.2, -0.15) is 10.2 Å². The lowest BCUT2D eigenvalue weighted by atomic mass is 10.1. The summed E-state index contributed by atoms with van der Waals surface area (Å²) in [7, 11) is 1.73. The highest BCUT2D eigenvalue weighted by Gasteiger charge is 2.32. The molecule has 10 heteroatoms. The number of carbonyl (C=O) groups is 2. The van der Waals surface area contributed by atoms with E-state index in [2.05, 4.69) is 20.6 Å². The van der Waals surface area contributed by atoms with Crippen LogP contribution in [0.1, 0.15) is 10.4 Å². The van der Waals surface area contributed by atoms with Crippen LogP contribution in [0.25, 0.3) is 11.1 Å². The van der Waals surface area contributed by atoms with Crippen molar-refractivity contribution in [3.8, 4) is 11.1 Å². The minimum Gasteiger partial charge on any atom is -0.395 e. The molecule has 1 saturated heterocycles. The number of H-pyrrole nitrogens is 1. The monoisotopic (exact) mass is 395 g/mol. The van der Waals surface area contributed by atoms with Crippen molar-refractivity contribution in [1.82, 2.24) is 24.9 Å². The van der Waals surface area contributed by atoms with Crippen molar-refractivity contribution in [2.45, 2.75) is 0 Å². The number of hydrogen-bond donors (Lipinski definition) is 3. The minimum absolute atomic E-state index is 0.0988. The van der Waals surface area contributed by atoms with E-state index in [9.17, 15) is 9.59 Å². The van der Waals surface area contributed by atoms with Crippen LogP contribution in [0.5, 0.6) is 0 Å². The van der Waals surface area contributed by atoms with Crippen LogP contribution in [0, 0.1) is 0 Å². The van der Waals surface area contributed by atoms with Crippen molar-refractivity contribution in [3.63, 3.8) is 0 Å². The average Bonchev–Trinajstić information content (AvgIpc) is 3.44. The van der Waals surface area contributed by atoms with Crippen LogP contribution in [0.2, 0.25) is 0 Å². The van der Waals surface area contributed by atoms with Crippen molar-refractivity contribution in [1.29, 1.82) is 0 Å². The Bertz CT molecular complexity index is 1030. The minimum atomic E-state index is -0.302. The molecule has 3 aromatic rings. The molecule has 3 N–H and O–H groups in total. The Kier molecular flexibility index (Phi) is 5.00. The van der Waals surface area contributed by atoms with Crippen LogP contribution in [0.3, 0.4) is 0 Å². The molecule has 3 heterocycles. The molecule has 0 bridgehead atoms. The van der Waals surface area contributed by atoms with Crippen molar-refractivity contribution in [2.75, 3.05) is 36.5 Å². The lowest BCUT2D eigenvalue weighted by molar-refractivity contribution is 0.102. The van der Waals surface area contributed by atoms with Gasteiger partial charge in [-0.1, -0.05) is 12.1 Å². The van der Waals surface area contributed by atoms with Gasteiger partial charge in [-0.15, -0.1) is 0 Å². The van der Waals surface area contributed by atoms with Gasteiger partial charge in [0.2, 0.25) is 0 Å². The zero-order chi connectivity index (χ0) is 20.4. The van der Waals surface area contributed by atoms with Crippen molar-refractivity contribution < 1.29 is 14.7 Å². The Hall–Kier alpha value is -3.66. The average molecular weight is 395 g/mol. The number of rotatable bonds is 6. The summed E-state index contributed by atoms with van der Waals surface area (Å²) in [6.07, 6.45) is 5.11. The molecule has 0 spiro atoms. The molecule has 1 aliphatic rings. The number of carbonyl (C=O) groups excluding carboxylic acids is 2. The summed E-state index contributed by atoms with van der Waals surface area (Å²) in [5.74, 6) is 0.0840. The topological polar surface area (TPSA) is 119 Å². The van der Waals surface area contributed by atoms with Crippen molar-refractivity contribution in [2.24, 2.45) is 7.05 Å². The molecule has 3 amide bonds. The quantitative estimate of drug-likeness (QED) is 0.581. The van der Waals surface area contributed by atoms with Crippen molar-refractivity contribution in [3.05, 3.63) is 48.4 Å². The van der Waals surface area contributed by atoms with Crippen LogP contribution in [0.4, 0.5) is 16.3 Å². The molecule has 1 aromatic carbocycles. The Morgan fingerprint density at radius 3 is 2.93 bits per heavy atom. The van der Waals surface area contributed by atoms with Gasteiger partial charge in [0.25, 0.3) is 5.91 Å². The van der Waals surface area contributed by atoms with E-state index in [-0.39, 0.29) is 25.1 Å². The number of hydrogen-bond acceptors (Lipinski definition) is 5. The zero-order valence-electron chi connectivity index (χ0n) is 15.9. The number of aliphatic hydroxyl groups is 1. The Morgan fingerprint density at radius 2 is 2.17 bits per heavy atom. The first-order valence-electron chi connectivity index (χ1n) is 9.18. The van der Waals surface area contributed by atoms with Gasteiger partial charge >= 0.3 is 6.03 Å². The first-order chi connectivity index (χ1) is 14.1. The third kappa shape index (κ3) is 3.69. The molecular weight excluding hydrogens is 374 g/mol. The molecule has 0 saturated carbocycles. The second-order valence-electron chi connectivity index (χ2n) is 6.71. The van der Waals surface area contributed by atoms with Crippen LogP contribution < -0.4 is 10.2 Å². The van der Waals surface area contributed by atoms with E-state index in [1.165, 1.54) is 4.90 Å². The lowest BCUT2D eigenvalue weighted by Gasteiger charge is -2.17. The molecular formula is C19H21N7O3. The van der Waals surface area contributed by atoms with Crippen molar-refractivity contribution >= 4 is 23.4 Å². The molecule has 0 unspecified atom stereocenters. The predicted octanol–water partition coefficient (Wildman–Crippen LogP) is 1.30. The summed E-state index contributed by atoms with van der Waals surface area (Å²) >= 11 is 0.